The Bertz CT molecular complexity index is 1010. The Balaban J connectivity index is 1.25. The van der Waals surface area contributed by atoms with Crippen molar-refractivity contribution in [2.75, 3.05) is 31.2 Å². The highest BCUT2D eigenvalue weighted by Gasteiger charge is 2.17. The average molecular weight is 410 g/mol. The summed E-state index contributed by atoms with van der Waals surface area (Å²) in [6, 6.07) is 14.3. The molecule has 1 saturated heterocycles. The Morgan fingerprint density at radius 1 is 1.07 bits per heavy atom. The Hall–Kier alpha value is -2.97. The molecule has 7 nitrogen and oxygen atoms in total. The van der Waals surface area contributed by atoms with Crippen LogP contribution in [0.2, 0.25) is 0 Å². The summed E-state index contributed by atoms with van der Waals surface area (Å²) in [4.78, 5) is 30.8. The molecule has 0 spiro atoms. The number of hydrogen-bond donors (Lipinski definition) is 2. The fourth-order valence-electron chi connectivity index (χ4n) is 3.17. The summed E-state index contributed by atoms with van der Waals surface area (Å²) in [6.45, 7) is 2.85. The van der Waals surface area contributed by atoms with E-state index in [4.69, 9.17) is 4.74 Å². The van der Waals surface area contributed by atoms with Crippen molar-refractivity contribution in [3.63, 3.8) is 0 Å². The van der Waals surface area contributed by atoms with Gasteiger partial charge in [-0.05, 0) is 22.8 Å². The third-order valence-electron chi connectivity index (χ3n) is 4.78. The Morgan fingerprint density at radius 3 is 2.69 bits per heavy atom. The summed E-state index contributed by atoms with van der Waals surface area (Å²) in [5.74, 6) is -0.657. The molecule has 0 unspecified atom stereocenters. The van der Waals surface area contributed by atoms with Gasteiger partial charge >= 0.3 is 0 Å². The van der Waals surface area contributed by atoms with E-state index in [1.54, 1.807) is 5.38 Å². The minimum atomic E-state index is -0.417. The van der Waals surface area contributed by atoms with Gasteiger partial charge in [-0.25, -0.2) is 4.98 Å². The third-order valence-corrected chi connectivity index (χ3v) is 5.68. The van der Waals surface area contributed by atoms with Crippen LogP contribution in [0.3, 0.4) is 0 Å². The molecule has 2 heterocycles. The average Bonchev–Trinajstić information content (AvgIpc) is 3.27. The Labute approximate surface area is 172 Å². The molecule has 2 amide bonds. The predicted octanol–water partition coefficient (Wildman–Crippen LogP) is 2.53. The quantitative estimate of drug-likeness (QED) is 0.632. The predicted molar refractivity (Wildman–Crippen MR) is 113 cm³/mol. The Morgan fingerprint density at radius 2 is 1.86 bits per heavy atom. The second-order valence-corrected chi connectivity index (χ2v) is 7.64. The highest BCUT2D eigenvalue weighted by atomic mass is 32.1. The lowest BCUT2D eigenvalue weighted by Crippen LogP contribution is -2.42. The number of morpholine rings is 1. The van der Waals surface area contributed by atoms with Crippen molar-refractivity contribution in [3.8, 4) is 0 Å². The molecule has 1 aromatic heterocycles. The summed E-state index contributed by atoms with van der Waals surface area (Å²) in [5, 5.41) is 4.81. The fourth-order valence-corrected chi connectivity index (χ4v) is 4.03. The topological polar surface area (TPSA) is 83.6 Å². The normalized spacial score (nSPS) is 14.0. The molecule has 8 heteroatoms. The number of aryl methyl sites for hydroxylation is 1. The van der Waals surface area contributed by atoms with Crippen molar-refractivity contribution in [2.24, 2.45) is 0 Å². The van der Waals surface area contributed by atoms with Crippen molar-refractivity contribution in [2.45, 2.75) is 12.8 Å². The van der Waals surface area contributed by atoms with Crippen molar-refractivity contribution in [1.82, 2.24) is 15.8 Å². The van der Waals surface area contributed by atoms with Crippen LogP contribution in [0.15, 0.2) is 47.8 Å². The first-order valence-electron chi connectivity index (χ1n) is 9.54. The van der Waals surface area contributed by atoms with Crippen LogP contribution in [0.4, 0.5) is 5.13 Å². The lowest BCUT2D eigenvalue weighted by Gasteiger charge is -2.25. The number of amides is 2. The molecule has 2 aromatic carbocycles. The first-order chi connectivity index (χ1) is 14.2. The van der Waals surface area contributed by atoms with Crippen molar-refractivity contribution >= 4 is 39.1 Å². The number of rotatable bonds is 5. The number of thiazole rings is 1. The van der Waals surface area contributed by atoms with Crippen molar-refractivity contribution < 1.29 is 14.3 Å². The number of hydrazine groups is 1. The van der Waals surface area contributed by atoms with Crippen molar-refractivity contribution in [1.29, 1.82) is 0 Å². The lowest BCUT2D eigenvalue weighted by atomic mass is 10.0. The van der Waals surface area contributed by atoms with E-state index in [1.165, 1.54) is 16.7 Å². The SMILES string of the molecule is O=C(CCc1ccc2ccccc2c1)NNC(=O)c1csc(N2CCOCC2)n1. The second kappa shape index (κ2) is 9.02. The molecule has 3 aromatic rings. The van der Waals surface area contributed by atoms with Crippen LogP contribution in [0, 0.1) is 0 Å². The van der Waals surface area contributed by atoms with Gasteiger partial charge in [0.05, 0.1) is 13.2 Å². The van der Waals surface area contributed by atoms with Gasteiger partial charge in [0.1, 0.15) is 5.69 Å². The van der Waals surface area contributed by atoms with Crippen LogP contribution >= 0.6 is 11.3 Å². The number of benzene rings is 2. The van der Waals surface area contributed by atoms with E-state index in [9.17, 15) is 9.59 Å². The maximum atomic E-state index is 12.2. The van der Waals surface area contributed by atoms with Gasteiger partial charge in [0.15, 0.2) is 5.13 Å². The zero-order valence-electron chi connectivity index (χ0n) is 15.9. The summed E-state index contributed by atoms with van der Waals surface area (Å²) >= 11 is 1.41. The van der Waals surface area contributed by atoms with Gasteiger partial charge in [-0.15, -0.1) is 11.3 Å². The van der Waals surface area contributed by atoms with E-state index in [1.807, 2.05) is 18.2 Å². The van der Waals surface area contributed by atoms with Crippen LogP contribution in [-0.4, -0.2) is 43.1 Å². The van der Waals surface area contributed by atoms with Crippen LogP contribution in [-0.2, 0) is 16.0 Å². The Kier molecular flexibility index (Phi) is 6.02. The molecular formula is C21H22N4O3S. The van der Waals surface area contributed by atoms with Gasteiger partial charge in [0.25, 0.3) is 5.91 Å². The largest absolute Gasteiger partial charge is 0.378 e. The minimum absolute atomic E-state index is 0.241. The van der Waals surface area contributed by atoms with Crippen molar-refractivity contribution in [3.05, 3.63) is 59.1 Å². The van der Waals surface area contributed by atoms with E-state index in [-0.39, 0.29) is 12.3 Å². The summed E-state index contributed by atoms with van der Waals surface area (Å²) in [5.41, 5.74) is 6.29. The molecule has 0 saturated carbocycles. The number of anilines is 1. The van der Waals surface area contributed by atoms with Gasteiger partial charge in [0.2, 0.25) is 5.91 Å². The van der Waals surface area contributed by atoms with E-state index in [2.05, 4.69) is 45.0 Å². The van der Waals surface area contributed by atoms with Gasteiger partial charge in [-0.1, -0.05) is 42.5 Å². The smallest absolute Gasteiger partial charge is 0.289 e. The molecule has 0 radical (unpaired) electrons. The van der Waals surface area contributed by atoms with E-state index >= 15 is 0 Å². The van der Waals surface area contributed by atoms with E-state index < -0.39 is 5.91 Å². The third kappa shape index (κ3) is 4.90. The highest BCUT2D eigenvalue weighted by molar-refractivity contribution is 7.13. The molecule has 4 rings (SSSR count). The maximum Gasteiger partial charge on any atom is 0.289 e. The summed E-state index contributed by atoms with van der Waals surface area (Å²) < 4.78 is 5.32. The molecule has 1 aliphatic heterocycles. The number of fused-ring (bicyclic) bond motifs is 1. The summed E-state index contributed by atoms with van der Waals surface area (Å²) in [6.07, 6.45) is 0.888. The minimum Gasteiger partial charge on any atom is -0.378 e. The van der Waals surface area contributed by atoms with Crippen LogP contribution in [0.1, 0.15) is 22.5 Å². The first-order valence-corrected chi connectivity index (χ1v) is 10.4. The van der Waals surface area contributed by atoms with Gasteiger partial charge in [0, 0.05) is 24.9 Å². The van der Waals surface area contributed by atoms with Crippen LogP contribution in [0.5, 0.6) is 0 Å². The number of ether oxygens (including phenoxy) is 1. The fraction of sp³-hybridized carbons (Fsp3) is 0.286. The summed E-state index contributed by atoms with van der Waals surface area (Å²) in [7, 11) is 0. The molecule has 0 aliphatic carbocycles. The molecule has 2 N–H and O–H groups in total. The maximum absolute atomic E-state index is 12.2. The molecule has 0 atom stereocenters. The van der Waals surface area contributed by atoms with E-state index in [0.29, 0.717) is 25.3 Å². The van der Waals surface area contributed by atoms with Gasteiger partial charge in [-0.3, -0.25) is 20.4 Å². The molecule has 29 heavy (non-hydrogen) atoms. The highest BCUT2D eigenvalue weighted by Crippen LogP contribution is 2.21. The number of nitrogens with one attached hydrogen (secondary N) is 2. The number of nitrogens with zero attached hydrogens (tertiary/aromatic N) is 2. The van der Waals surface area contributed by atoms with Crippen LogP contribution in [0.25, 0.3) is 10.8 Å². The molecule has 1 fully saturated rings. The zero-order valence-corrected chi connectivity index (χ0v) is 16.7. The second-order valence-electron chi connectivity index (χ2n) is 6.80. The molecule has 150 valence electrons. The van der Waals surface area contributed by atoms with Gasteiger partial charge < -0.3 is 9.64 Å². The first kappa shape index (κ1) is 19.4. The molecular weight excluding hydrogens is 388 g/mol. The number of aromatic nitrogens is 1. The standard InChI is InChI=1S/C21H22N4O3S/c26-19(8-6-15-5-7-16-3-1-2-4-17(16)13-15)23-24-20(27)18-14-29-21(22-18)25-9-11-28-12-10-25/h1-5,7,13-14H,6,8-12H2,(H,23,26)(H,24,27). The van der Waals surface area contributed by atoms with E-state index in [0.717, 1.165) is 29.2 Å². The zero-order chi connectivity index (χ0) is 20.1. The lowest BCUT2D eigenvalue weighted by molar-refractivity contribution is -0.121. The number of carbonyl (C=O) groups is 2. The van der Waals surface area contributed by atoms with Crippen LogP contribution < -0.4 is 15.8 Å². The molecule has 0 bridgehead atoms. The van der Waals surface area contributed by atoms with Gasteiger partial charge in [-0.2, -0.15) is 0 Å². The molecule has 1 aliphatic rings. The monoisotopic (exact) mass is 410 g/mol. The number of carbonyl (C=O) groups excluding carboxylic acids is 2. The number of hydrogen-bond acceptors (Lipinski definition) is 6.